The van der Waals surface area contributed by atoms with Crippen molar-refractivity contribution >= 4 is 0 Å². The molecule has 0 saturated carbocycles. The Bertz CT molecular complexity index is 343. The molecular weight excluding hydrogens is 178 g/mol. The van der Waals surface area contributed by atoms with E-state index in [9.17, 15) is 4.79 Å². The predicted molar refractivity (Wildman–Crippen MR) is 56.2 cm³/mol. The smallest absolute Gasteiger partial charge is 0.251 e. The Balaban J connectivity index is 2.89. The van der Waals surface area contributed by atoms with Crippen molar-refractivity contribution in [1.29, 1.82) is 0 Å². The molecule has 2 N–H and O–H groups in total. The highest BCUT2D eigenvalue weighted by atomic mass is 16.1. The molecular formula is C10H17N3O. The van der Waals surface area contributed by atoms with Crippen LogP contribution in [0.2, 0.25) is 0 Å². The monoisotopic (exact) mass is 195 g/mol. The third kappa shape index (κ3) is 3.30. The molecule has 14 heavy (non-hydrogen) atoms. The number of nitrogens with zero attached hydrogens (tertiary/aromatic N) is 1. The van der Waals surface area contributed by atoms with Gasteiger partial charge in [0.15, 0.2) is 0 Å². The molecule has 0 radical (unpaired) electrons. The highest BCUT2D eigenvalue weighted by molar-refractivity contribution is 5.03. The zero-order chi connectivity index (χ0) is 10.6. The second kappa shape index (κ2) is 4.91. The molecule has 1 aromatic rings. The van der Waals surface area contributed by atoms with Gasteiger partial charge in [0.2, 0.25) is 0 Å². The van der Waals surface area contributed by atoms with Crippen molar-refractivity contribution in [2.24, 2.45) is 5.92 Å². The summed E-state index contributed by atoms with van der Waals surface area (Å²) >= 11 is 0. The second-order valence-electron chi connectivity index (χ2n) is 3.81. The summed E-state index contributed by atoms with van der Waals surface area (Å²) in [7, 11) is 1.83. The second-order valence-corrected chi connectivity index (χ2v) is 3.81. The molecule has 1 aromatic heterocycles. The van der Waals surface area contributed by atoms with E-state index in [4.69, 9.17) is 0 Å². The van der Waals surface area contributed by atoms with Crippen LogP contribution in [0.4, 0.5) is 0 Å². The van der Waals surface area contributed by atoms with Gasteiger partial charge < -0.3 is 10.3 Å². The highest BCUT2D eigenvalue weighted by Gasteiger charge is 2.02. The topological polar surface area (TPSA) is 57.8 Å². The summed E-state index contributed by atoms with van der Waals surface area (Å²) in [4.78, 5) is 18.3. The summed E-state index contributed by atoms with van der Waals surface area (Å²) in [6, 6.07) is 1.57. The van der Waals surface area contributed by atoms with Crippen LogP contribution in [0.5, 0.6) is 0 Å². The van der Waals surface area contributed by atoms with Gasteiger partial charge in [0.25, 0.3) is 5.56 Å². The molecule has 1 rings (SSSR count). The lowest BCUT2D eigenvalue weighted by atomic mass is 10.1. The van der Waals surface area contributed by atoms with Crippen LogP contribution in [0.15, 0.2) is 10.9 Å². The number of rotatable bonds is 4. The SMILES string of the molecule is CNCc1nc(CC(C)C)cc(=O)[nH]1. The number of hydrogen-bond donors (Lipinski definition) is 2. The van der Waals surface area contributed by atoms with E-state index in [2.05, 4.69) is 29.1 Å². The molecule has 0 aliphatic carbocycles. The van der Waals surface area contributed by atoms with Crippen molar-refractivity contribution in [3.8, 4) is 0 Å². The Kier molecular flexibility index (Phi) is 3.83. The lowest BCUT2D eigenvalue weighted by molar-refractivity contribution is 0.625. The molecule has 0 saturated heterocycles. The molecule has 0 bridgehead atoms. The van der Waals surface area contributed by atoms with Crippen LogP contribution in [0, 0.1) is 5.92 Å². The fourth-order valence-electron chi connectivity index (χ4n) is 1.34. The molecule has 1 heterocycles. The van der Waals surface area contributed by atoms with Crippen LogP contribution in [0.25, 0.3) is 0 Å². The minimum Gasteiger partial charge on any atom is -0.313 e. The van der Waals surface area contributed by atoms with Crippen molar-refractivity contribution in [3.05, 3.63) is 27.9 Å². The molecule has 78 valence electrons. The lowest BCUT2D eigenvalue weighted by Gasteiger charge is -2.05. The maximum atomic E-state index is 11.2. The van der Waals surface area contributed by atoms with Crippen LogP contribution < -0.4 is 10.9 Å². The van der Waals surface area contributed by atoms with Crippen LogP contribution in [-0.4, -0.2) is 17.0 Å². The number of aromatic amines is 1. The molecule has 0 aliphatic rings. The molecule has 0 spiro atoms. The van der Waals surface area contributed by atoms with Gasteiger partial charge >= 0.3 is 0 Å². The molecule has 0 unspecified atom stereocenters. The minimum atomic E-state index is -0.0686. The summed E-state index contributed by atoms with van der Waals surface area (Å²) < 4.78 is 0. The molecule has 0 atom stereocenters. The largest absolute Gasteiger partial charge is 0.313 e. The van der Waals surface area contributed by atoms with E-state index in [1.807, 2.05) is 7.05 Å². The van der Waals surface area contributed by atoms with Gasteiger partial charge in [0, 0.05) is 11.8 Å². The number of H-pyrrole nitrogens is 1. The molecule has 4 heteroatoms. The van der Waals surface area contributed by atoms with Gasteiger partial charge in [0.1, 0.15) is 5.82 Å². The fourth-order valence-corrected chi connectivity index (χ4v) is 1.34. The zero-order valence-corrected chi connectivity index (χ0v) is 8.92. The van der Waals surface area contributed by atoms with Crippen molar-refractivity contribution in [2.75, 3.05) is 7.05 Å². The van der Waals surface area contributed by atoms with Gasteiger partial charge in [-0.05, 0) is 19.4 Å². The summed E-state index contributed by atoms with van der Waals surface area (Å²) in [5.41, 5.74) is 0.801. The van der Waals surface area contributed by atoms with Crippen molar-refractivity contribution < 1.29 is 0 Å². The molecule has 0 aliphatic heterocycles. The van der Waals surface area contributed by atoms with Gasteiger partial charge in [-0.2, -0.15) is 0 Å². The Morgan fingerprint density at radius 2 is 2.29 bits per heavy atom. The van der Waals surface area contributed by atoms with Crippen molar-refractivity contribution in [2.45, 2.75) is 26.8 Å². The summed E-state index contributed by atoms with van der Waals surface area (Å²) in [6.07, 6.45) is 0.848. The van der Waals surface area contributed by atoms with Crippen LogP contribution in [-0.2, 0) is 13.0 Å². The first kappa shape index (κ1) is 10.9. The van der Waals surface area contributed by atoms with Crippen molar-refractivity contribution in [3.63, 3.8) is 0 Å². The van der Waals surface area contributed by atoms with Crippen LogP contribution in [0.3, 0.4) is 0 Å². The Hall–Kier alpha value is -1.16. The van der Waals surface area contributed by atoms with E-state index in [1.165, 1.54) is 0 Å². The summed E-state index contributed by atoms with van der Waals surface area (Å²) in [5, 5.41) is 2.96. The quantitative estimate of drug-likeness (QED) is 0.743. The van der Waals surface area contributed by atoms with E-state index in [0.29, 0.717) is 18.3 Å². The molecule has 0 amide bonds. The number of nitrogens with one attached hydrogen (secondary N) is 2. The predicted octanol–water partition coefficient (Wildman–Crippen LogP) is 0.688. The van der Waals surface area contributed by atoms with E-state index in [1.54, 1.807) is 6.07 Å². The van der Waals surface area contributed by atoms with Crippen LogP contribution in [0.1, 0.15) is 25.4 Å². The van der Waals surface area contributed by atoms with Gasteiger partial charge in [-0.15, -0.1) is 0 Å². The van der Waals surface area contributed by atoms with Gasteiger partial charge in [-0.3, -0.25) is 4.79 Å². The van der Waals surface area contributed by atoms with Crippen LogP contribution >= 0.6 is 0 Å². The third-order valence-corrected chi connectivity index (χ3v) is 1.81. The highest BCUT2D eigenvalue weighted by Crippen LogP contribution is 2.02. The fraction of sp³-hybridized carbons (Fsp3) is 0.600. The molecule has 0 aromatic carbocycles. The lowest BCUT2D eigenvalue weighted by Crippen LogP contribution is -2.18. The zero-order valence-electron chi connectivity index (χ0n) is 8.92. The van der Waals surface area contributed by atoms with E-state index < -0.39 is 0 Å². The van der Waals surface area contributed by atoms with Gasteiger partial charge in [-0.1, -0.05) is 13.8 Å². The summed E-state index contributed by atoms with van der Waals surface area (Å²) in [5.74, 6) is 1.22. The van der Waals surface area contributed by atoms with E-state index in [0.717, 1.165) is 12.1 Å². The molecule has 0 fully saturated rings. The Morgan fingerprint density at radius 1 is 1.57 bits per heavy atom. The minimum absolute atomic E-state index is 0.0686. The molecule has 4 nitrogen and oxygen atoms in total. The standard InChI is InChI=1S/C10H17N3O/c1-7(2)4-8-5-10(14)13-9(12-8)6-11-3/h5,7,11H,4,6H2,1-3H3,(H,12,13,14). The van der Waals surface area contributed by atoms with Gasteiger partial charge in [0.05, 0.1) is 6.54 Å². The normalized spacial score (nSPS) is 10.9. The van der Waals surface area contributed by atoms with E-state index >= 15 is 0 Å². The van der Waals surface area contributed by atoms with Gasteiger partial charge in [-0.25, -0.2) is 4.98 Å². The average molecular weight is 195 g/mol. The first-order chi connectivity index (χ1) is 6.61. The average Bonchev–Trinajstić information content (AvgIpc) is 2.01. The third-order valence-electron chi connectivity index (χ3n) is 1.81. The number of hydrogen-bond acceptors (Lipinski definition) is 3. The maximum Gasteiger partial charge on any atom is 0.251 e. The van der Waals surface area contributed by atoms with Crippen molar-refractivity contribution in [1.82, 2.24) is 15.3 Å². The Labute approximate surface area is 83.8 Å². The Morgan fingerprint density at radius 3 is 2.86 bits per heavy atom. The number of aromatic nitrogens is 2. The summed E-state index contributed by atoms with van der Waals surface area (Å²) in [6.45, 7) is 4.82. The maximum absolute atomic E-state index is 11.2. The first-order valence-electron chi connectivity index (χ1n) is 4.85. The van der Waals surface area contributed by atoms with E-state index in [-0.39, 0.29) is 5.56 Å². The first-order valence-corrected chi connectivity index (χ1v) is 4.85.